The molecule has 0 amide bonds. The van der Waals surface area contributed by atoms with Crippen molar-refractivity contribution >= 4 is 0 Å². The van der Waals surface area contributed by atoms with Crippen LogP contribution in [-0.2, 0) is 6.54 Å². The first-order valence-electron chi connectivity index (χ1n) is 6.06. The van der Waals surface area contributed by atoms with Crippen molar-refractivity contribution in [3.8, 4) is 0 Å². The zero-order valence-electron chi connectivity index (χ0n) is 10.3. The van der Waals surface area contributed by atoms with Crippen molar-refractivity contribution in [2.45, 2.75) is 12.6 Å². The van der Waals surface area contributed by atoms with Crippen LogP contribution in [0.15, 0.2) is 18.5 Å². The Hall–Kier alpha value is -0.950. The molecule has 96 valence electrons. The summed E-state index contributed by atoms with van der Waals surface area (Å²) in [5.74, 6) is 0. The number of nitrogens with zero attached hydrogens (tertiary/aromatic N) is 4. The predicted octanol–water partition coefficient (Wildman–Crippen LogP) is -1.00. The van der Waals surface area contributed by atoms with E-state index in [1.165, 1.54) is 0 Å². The second kappa shape index (κ2) is 6.11. The summed E-state index contributed by atoms with van der Waals surface area (Å²) in [6, 6.07) is 1.86. The quantitative estimate of drug-likeness (QED) is 0.690. The minimum atomic E-state index is -0.408. The maximum atomic E-state index is 9.84. The highest BCUT2D eigenvalue weighted by Gasteiger charge is 2.14. The summed E-state index contributed by atoms with van der Waals surface area (Å²) in [6.07, 6.45) is 3.18. The maximum Gasteiger partial charge on any atom is 0.0874 e. The molecule has 0 saturated carbocycles. The van der Waals surface area contributed by atoms with Gasteiger partial charge in [0.25, 0.3) is 0 Å². The van der Waals surface area contributed by atoms with Crippen molar-refractivity contribution < 1.29 is 5.11 Å². The summed E-state index contributed by atoms with van der Waals surface area (Å²) in [5, 5.41) is 16.1. The summed E-state index contributed by atoms with van der Waals surface area (Å²) >= 11 is 0. The maximum absolute atomic E-state index is 9.84. The fraction of sp³-hybridized carbons (Fsp3) is 0.727. The van der Waals surface area contributed by atoms with Crippen LogP contribution in [0, 0.1) is 0 Å². The number of hydrazine groups is 1. The van der Waals surface area contributed by atoms with Gasteiger partial charge in [0.05, 0.1) is 12.6 Å². The van der Waals surface area contributed by atoms with E-state index in [2.05, 4.69) is 27.5 Å². The summed E-state index contributed by atoms with van der Waals surface area (Å²) < 4.78 is 1.75. The Kier molecular flexibility index (Phi) is 4.49. The molecule has 1 aliphatic rings. The molecule has 0 aromatic carbocycles. The fourth-order valence-electron chi connectivity index (χ4n) is 1.89. The highest BCUT2D eigenvalue weighted by Crippen LogP contribution is 1.96. The molecule has 0 bridgehead atoms. The minimum absolute atomic E-state index is 0.408. The van der Waals surface area contributed by atoms with Crippen LogP contribution in [0.3, 0.4) is 0 Å². The van der Waals surface area contributed by atoms with Crippen molar-refractivity contribution in [3.05, 3.63) is 18.5 Å². The Labute approximate surface area is 102 Å². The van der Waals surface area contributed by atoms with Gasteiger partial charge in [0, 0.05) is 45.1 Å². The topological polar surface area (TPSA) is 56.6 Å². The van der Waals surface area contributed by atoms with E-state index in [0.717, 1.165) is 26.2 Å². The first kappa shape index (κ1) is 12.5. The van der Waals surface area contributed by atoms with Crippen molar-refractivity contribution in [1.29, 1.82) is 0 Å². The molecule has 0 radical (unpaired) electrons. The van der Waals surface area contributed by atoms with Crippen LogP contribution in [0.4, 0.5) is 0 Å². The van der Waals surface area contributed by atoms with Crippen LogP contribution in [0.5, 0.6) is 0 Å². The Balaban J connectivity index is 1.64. The lowest BCUT2D eigenvalue weighted by atomic mass is 10.3. The van der Waals surface area contributed by atoms with Gasteiger partial charge in [0.2, 0.25) is 0 Å². The van der Waals surface area contributed by atoms with E-state index < -0.39 is 6.10 Å². The largest absolute Gasteiger partial charge is 0.390 e. The lowest BCUT2D eigenvalue weighted by Crippen LogP contribution is -2.52. The monoisotopic (exact) mass is 239 g/mol. The van der Waals surface area contributed by atoms with E-state index >= 15 is 0 Å². The number of piperazine rings is 1. The van der Waals surface area contributed by atoms with Crippen molar-refractivity contribution in [1.82, 2.24) is 25.1 Å². The van der Waals surface area contributed by atoms with Crippen LogP contribution in [-0.4, -0.2) is 70.7 Å². The molecule has 0 aliphatic carbocycles. The van der Waals surface area contributed by atoms with Crippen molar-refractivity contribution in [2.24, 2.45) is 0 Å². The highest BCUT2D eigenvalue weighted by atomic mass is 16.3. The number of hydrogen-bond donors (Lipinski definition) is 2. The average Bonchev–Trinajstić information content (AvgIpc) is 2.81. The second-order valence-electron chi connectivity index (χ2n) is 4.53. The summed E-state index contributed by atoms with van der Waals surface area (Å²) in [5.41, 5.74) is 3.27. The fourth-order valence-corrected chi connectivity index (χ4v) is 1.89. The number of aliphatic hydroxyl groups excluding tert-OH is 1. The number of aromatic nitrogens is 2. The summed E-state index contributed by atoms with van der Waals surface area (Å²) in [7, 11) is 2.13. The van der Waals surface area contributed by atoms with Crippen molar-refractivity contribution in [2.75, 3.05) is 39.8 Å². The molecule has 2 heterocycles. The summed E-state index contributed by atoms with van der Waals surface area (Å²) in [6.45, 7) is 5.26. The smallest absolute Gasteiger partial charge is 0.0874 e. The first-order chi connectivity index (χ1) is 8.24. The number of nitrogens with one attached hydrogen (secondary N) is 1. The van der Waals surface area contributed by atoms with Gasteiger partial charge in [-0.3, -0.25) is 10.1 Å². The molecule has 17 heavy (non-hydrogen) atoms. The van der Waals surface area contributed by atoms with E-state index in [4.69, 9.17) is 0 Å². The highest BCUT2D eigenvalue weighted by molar-refractivity contribution is 4.78. The Morgan fingerprint density at radius 1 is 1.35 bits per heavy atom. The molecule has 2 rings (SSSR count). The molecule has 1 saturated heterocycles. The van der Waals surface area contributed by atoms with E-state index in [-0.39, 0.29) is 0 Å². The Morgan fingerprint density at radius 2 is 2.12 bits per heavy atom. The molecule has 6 nitrogen and oxygen atoms in total. The minimum Gasteiger partial charge on any atom is -0.390 e. The van der Waals surface area contributed by atoms with Crippen LogP contribution < -0.4 is 5.43 Å². The van der Waals surface area contributed by atoms with E-state index in [0.29, 0.717) is 13.1 Å². The van der Waals surface area contributed by atoms with E-state index in [9.17, 15) is 5.11 Å². The Bertz CT molecular complexity index is 308. The molecular weight excluding hydrogens is 218 g/mol. The third-order valence-corrected chi connectivity index (χ3v) is 3.01. The van der Waals surface area contributed by atoms with Crippen LogP contribution in [0.25, 0.3) is 0 Å². The zero-order chi connectivity index (χ0) is 12.1. The standard InChI is InChI=1S/C11H21N5O/c1-14-5-7-15(8-6-14)13-9-11(17)10-16-4-2-3-12-16/h2-4,11,13,17H,5-10H2,1H3. The molecule has 0 spiro atoms. The zero-order valence-corrected chi connectivity index (χ0v) is 10.3. The number of hydrogen-bond acceptors (Lipinski definition) is 5. The molecular formula is C11H21N5O. The van der Waals surface area contributed by atoms with Crippen LogP contribution >= 0.6 is 0 Å². The van der Waals surface area contributed by atoms with E-state index in [1.54, 1.807) is 10.9 Å². The molecule has 1 aromatic rings. The van der Waals surface area contributed by atoms with Gasteiger partial charge in [0.1, 0.15) is 0 Å². The van der Waals surface area contributed by atoms with E-state index in [1.807, 2.05) is 12.3 Å². The second-order valence-corrected chi connectivity index (χ2v) is 4.53. The lowest BCUT2D eigenvalue weighted by Gasteiger charge is -2.33. The molecule has 1 unspecified atom stereocenters. The molecule has 1 aliphatic heterocycles. The molecule has 6 heteroatoms. The van der Waals surface area contributed by atoms with Gasteiger partial charge in [-0.25, -0.2) is 5.01 Å². The lowest BCUT2D eigenvalue weighted by molar-refractivity contribution is 0.0677. The molecule has 1 fully saturated rings. The summed E-state index contributed by atoms with van der Waals surface area (Å²) in [4.78, 5) is 2.30. The van der Waals surface area contributed by atoms with Gasteiger partial charge in [-0.15, -0.1) is 0 Å². The van der Waals surface area contributed by atoms with Crippen molar-refractivity contribution in [3.63, 3.8) is 0 Å². The van der Waals surface area contributed by atoms with Gasteiger partial charge < -0.3 is 10.0 Å². The van der Waals surface area contributed by atoms with Gasteiger partial charge >= 0.3 is 0 Å². The first-order valence-corrected chi connectivity index (χ1v) is 6.06. The van der Waals surface area contributed by atoms with Gasteiger partial charge in [-0.2, -0.15) is 5.10 Å². The average molecular weight is 239 g/mol. The number of rotatable bonds is 5. The van der Waals surface area contributed by atoms with Gasteiger partial charge in [0.15, 0.2) is 0 Å². The normalized spacial score (nSPS) is 20.6. The SMILES string of the molecule is CN1CCN(NCC(O)Cn2cccn2)CC1. The molecule has 2 N–H and O–H groups in total. The molecule has 1 atom stereocenters. The van der Waals surface area contributed by atoms with Crippen LogP contribution in [0.1, 0.15) is 0 Å². The van der Waals surface area contributed by atoms with Gasteiger partial charge in [-0.05, 0) is 13.1 Å². The third kappa shape index (κ3) is 4.08. The third-order valence-electron chi connectivity index (χ3n) is 3.01. The van der Waals surface area contributed by atoms with Gasteiger partial charge in [-0.1, -0.05) is 0 Å². The number of aliphatic hydroxyl groups is 1. The predicted molar refractivity (Wildman–Crippen MR) is 65.3 cm³/mol. The molecule has 1 aromatic heterocycles. The van der Waals surface area contributed by atoms with Crippen LogP contribution in [0.2, 0.25) is 0 Å². The Morgan fingerprint density at radius 3 is 2.76 bits per heavy atom. The number of likely N-dealkylation sites (N-methyl/N-ethyl adjacent to an activating group) is 1.